The molecule has 0 unspecified atom stereocenters. The molecule has 8 heteroatoms. The van der Waals surface area contributed by atoms with Gasteiger partial charge in [0.05, 0.1) is 6.21 Å². The van der Waals surface area contributed by atoms with E-state index in [9.17, 15) is 14.7 Å². The van der Waals surface area contributed by atoms with E-state index < -0.39 is 11.8 Å². The number of hydrogen-bond donors (Lipinski definition) is 3. The number of rotatable bonds is 7. The Labute approximate surface area is 200 Å². The van der Waals surface area contributed by atoms with Crippen LogP contribution in [0, 0.1) is 0 Å². The number of halogens is 1. The quantitative estimate of drug-likeness (QED) is 0.255. The van der Waals surface area contributed by atoms with Crippen LogP contribution in [0.1, 0.15) is 21.5 Å². The normalized spacial score (nSPS) is 11.3. The summed E-state index contributed by atoms with van der Waals surface area (Å²) < 4.78 is 0.755. The van der Waals surface area contributed by atoms with Gasteiger partial charge in [-0.2, -0.15) is 5.10 Å². The molecule has 0 atom stereocenters. The molecule has 168 valence electrons. The Kier molecular flexibility index (Phi) is 7.99. The zero-order chi connectivity index (χ0) is 23.8. The van der Waals surface area contributed by atoms with Crippen LogP contribution >= 0.6 is 15.9 Å². The summed E-state index contributed by atoms with van der Waals surface area (Å²) in [6, 6.07) is 21.0. The van der Waals surface area contributed by atoms with Crippen LogP contribution in [-0.2, 0) is 4.79 Å². The van der Waals surface area contributed by atoms with Crippen LogP contribution in [0.15, 0.2) is 88.1 Å². The highest BCUT2D eigenvalue weighted by molar-refractivity contribution is 9.10. The number of nitrogens with zero attached hydrogens (tertiary/aromatic N) is 2. The van der Waals surface area contributed by atoms with Crippen LogP contribution in [0.5, 0.6) is 5.75 Å². The van der Waals surface area contributed by atoms with Crippen LogP contribution in [0.2, 0.25) is 0 Å². The molecule has 0 aliphatic rings. The maximum Gasteiger partial charge on any atom is 0.287 e. The highest BCUT2D eigenvalue weighted by Gasteiger charge is 2.14. The summed E-state index contributed by atoms with van der Waals surface area (Å²) in [7, 11) is 3.87. The van der Waals surface area contributed by atoms with Gasteiger partial charge in [-0.05, 0) is 54.1 Å². The van der Waals surface area contributed by atoms with Crippen molar-refractivity contribution in [3.05, 3.63) is 99.7 Å². The third-order valence-electron chi connectivity index (χ3n) is 4.61. The van der Waals surface area contributed by atoms with Crippen molar-refractivity contribution in [1.82, 2.24) is 10.7 Å². The van der Waals surface area contributed by atoms with Crippen LogP contribution in [0.3, 0.4) is 0 Å². The van der Waals surface area contributed by atoms with Crippen molar-refractivity contribution >= 4 is 45.7 Å². The molecule has 3 rings (SSSR count). The molecule has 0 bridgehead atoms. The summed E-state index contributed by atoms with van der Waals surface area (Å²) in [6.07, 6.45) is 2.89. The predicted molar refractivity (Wildman–Crippen MR) is 134 cm³/mol. The van der Waals surface area contributed by atoms with Gasteiger partial charge in [0.15, 0.2) is 0 Å². The van der Waals surface area contributed by atoms with Crippen LogP contribution in [0.4, 0.5) is 5.69 Å². The van der Waals surface area contributed by atoms with E-state index in [0.717, 1.165) is 15.7 Å². The SMILES string of the molecule is CN(C)c1ccc(/C=C(\NC(=O)c2ccccc2)C(=O)N/N=C/c2cc(Br)ccc2O)cc1. The highest BCUT2D eigenvalue weighted by Crippen LogP contribution is 2.20. The predicted octanol–water partition coefficient (Wildman–Crippen LogP) is 4.14. The Morgan fingerprint density at radius 3 is 2.36 bits per heavy atom. The van der Waals surface area contributed by atoms with Gasteiger partial charge in [0, 0.05) is 35.4 Å². The first-order chi connectivity index (χ1) is 15.8. The number of aromatic hydroxyl groups is 1. The minimum Gasteiger partial charge on any atom is -0.507 e. The summed E-state index contributed by atoms with van der Waals surface area (Å²) in [5.41, 5.74) is 4.99. The molecule has 0 aliphatic heterocycles. The Balaban J connectivity index is 1.83. The van der Waals surface area contributed by atoms with Crippen LogP contribution < -0.4 is 15.6 Å². The largest absolute Gasteiger partial charge is 0.507 e. The lowest BCUT2D eigenvalue weighted by Gasteiger charge is -2.12. The molecule has 0 radical (unpaired) electrons. The molecule has 0 saturated carbocycles. The number of hydrazone groups is 1. The Morgan fingerprint density at radius 1 is 1.00 bits per heavy atom. The molecular weight excluding hydrogens is 484 g/mol. The molecular formula is C25H23BrN4O3. The summed E-state index contributed by atoms with van der Waals surface area (Å²) in [6.45, 7) is 0. The van der Waals surface area contributed by atoms with E-state index in [1.54, 1.807) is 48.5 Å². The van der Waals surface area contributed by atoms with Crippen molar-refractivity contribution in [2.24, 2.45) is 5.10 Å². The topological polar surface area (TPSA) is 94.0 Å². The molecule has 0 aliphatic carbocycles. The van der Waals surface area contributed by atoms with E-state index in [-0.39, 0.29) is 11.4 Å². The standard InChI is InChI=1S/C25H23BrN4O3/c1-30(2)21-11-8-17(9-12-21)14-22(28-24(32)18-6-4-3-5-7-18)25(33)29-27-16-19-15-20(26)10-13-23(19)31/h3-16,31H,1-2H3,(H,28,32)(H,29,33)/b22-14-,27-16+. The molecule has 0 aromatic heterocycles. The van der Waals surface area contributed by atoms with Crippen molar-refractivity contribution in [2.75, 3.05) is 19.0 Å². The van der Waals surface area contributed by atoms with Gasteiger partial charge in [-0.3, -0.25) is 9.59 Å². The molecule has 0 saturated heterocycles. The van der Waals surface area contributed by atoms with Gasteiger partial charge in [-0.1, -0.05) is 46.3 Å². The second-order valence-corrected chi connectivity index (χ2v) is 8.18. The van der Waals surface area contributed by atoms with E-state index in [0.29, 0.717) is 11.1 Å². The number of phenols is 1. The number of amides is 2. The summed E-state index contributed by atoms with van der Waals surface area (Å²) in [5, 5.41) is 16.5. The number of carbonyl (C=O) groups is 2. The number of anilines is 1. The summed E-state index contributed by atoms with van der Waals surface area (Å²) in [4.78, 5) is 27.5. The van der Waals surface area contributed by atoms with E-state index in [4.69, 9.17) is 0 Å². The van der Waals surface area contributed by atoms with Crippen molar-refractivity contribution in [3.8, 4) is 5.75 Å². The van der Waals surface area contributed by atoms with Crippen LogP contribution in [-0.4, -0.2) is 37.2 Å². The third-order valence-corrected chi connectivity index (χ3v) is 5.10. The minimum absolute atomic E-state index is 0.0188. The Morgan fingerprint density at radius 2 is 1.70 bits per heavy atom. The van der Waals surface area contributed by atoms with Gasteiger partial charge in [-0.25, -0.2) is 5.43 Å². The fraction of sp³-hybridized carbons (Fsp3) is 0.0800. The Bertz CT molecular complexity index is 1190. The molecule has 3 aromatic rings. The second kappa shape index (κ2) is 11.1. The van der Waals surface area contributed by atoms with Gasteiger partial charge >= 0.3 is 0 Å². The first kappa shape index (κ1) is 23.7. The molecule has 33 heavy (non-hydrogen) atoms. The molecule has 7 nitrogen and oxygen atoms in total. The molecule has 2 amide bonds. The monoisotopic (exact) mass is 506 g/mol. The van der Waals surface area contributed by atoms with E-state index >= 15 is 0 Å². The molecule has 0 fully saturated rings. The molecule has 3 aromatic carbocycles. The average Bonchev–Trinajstić information content (AvgIpc) is 2.81. The van der Waals surface area contributed by atoms with E-state index in [2.05, 4.69) is 31.8 Å². The number of hydrogen-bond acceptors (Lipinski definition) is 5. The highest BCUT2D eigenvalue weighted by atomic mass is 79.9. The molecule has 3 N–H and O–H groups in total. The zero-order valence-electron chi connectivity index (χ0n) is 18.1. The van der Waals surface area contributed by atoms with Gasteiger partial charge in [-0.15, -0.1) is 0 Å². The van der Waals surface area contributed by atoms with Crippen molar-refractivity contribution < 1.29 is 14.7 Å². The molecule has 0 spiro atoms. The van der Waals surface area contributed by atoms with Crippen molar-refractivity contribution in [3.63, 3.8) is 0 Å². The van der Waals surface area contributed by atoms with Gasteiger partial charge in [0.2, 0.25) is 0 Å². The third kappa shape index (κ3) is 6.78. The maximum absolute atomic E-state index is 12.8. The maximum atomic E-state index is 12.8. The van der Waals surface area contributed by atoms with Crippen molar-refractivity contribution in [1.29, 1.82) is 0 Å². The average molecular weight is 507 g/mol. The first-order valence-electron chi connectivity index (χ1n) is 10.0. The minimum atomic E-state index is -0.610. The number of nitrogens with one attached hydrogen (secondary N) is 2. The lowest BCUT2D eigenvalue weighted by atomic mass is 10.1. The number of phenolic OH excluding ortho intramolecular Hbond substituents is 1. The van der Waals surface area contributed by atoms with E-state index in [1.807, 2.05) is 43.3 Å². The lowest BCUT2D eigenvalue weighted by Crippen LogP contribution is -2.32. The van der Waals surface area contributed by atoms with Gasteiger partial charge in [0.25, 0.3) is 11.8 Å². The fourth-order valence-corrected chi connectivity index (χ4v) is 3.21. The summed E-state index contributed by atoms with van der Waals surface area (Å²) in [5.74, 6) is -1.01. The van der Waals surface area contributed by atoms with Gasteiger partial charge < -0.3 is 15.3 Å². The lowest BCUT2D eigenvalue weighted by molar-refractivity contribution is -0.117. The fourth-order valence-electron chi connectivity index (χ4n) is 2.83. The summed E-state index contributed by atoms with van der Waals surface area (Å²) >= 11 is 3.32. The second-order valence-electron chi connectivity index (χ2n) is 7.27. The van der Waals surface area contributed by atoms with Gasteiger partial charge in [0.1, 0.15) is 11.4 Å². The molecule has 0 heterocycles. The van der Waals surface area contributed by atoms with Crippen LogP contribution in [0.25, 0.3) is 6.08 Å². The van der Waals surface area contributed by atoms with Crippen molar-refractivity contribution in [2.45, 2.75) is 0 Å². The smallest absolute Gasteiger partial charge is 0.287 e. The number of carbonyl (C=O) groups excluding carboxylic acids is 2. The zero-order valence-corrected chi connectivity index (χ0v) is 19.7. The number of benzene rings is 3. The van der Waals surface area contributed by atoms with E-state index in [1.165, 1.54) is 12.3 Å². The Hall–Kier alpha value is -3.91. The first-order valence-corrected chi connectivity index (χ1v) is 10.8.